The fourth-order valence-electron chi connectivity index (χ4n) is 2.31. The van der Waals surface area contributed by atoms with Crippen molar-refractivity contribution in [2.75, 3.05) is 0 Å². The van der Waals surface area contributed by atoms with Gasteiger partial charge in [0.15, 0.2) is 0 Å². The van der Waals surface area contributed by atoms with Crippen molar-refractivity contribution >= 4 is 16.9 Å². The number of nitriles is 1. The number of aromatic carboxylic acids is 1. The molecule has 4 heteroatoms. The van der Waals surface area contributed by atoms with Crippen molar-refractivity contribution in [2.45, 2.75) is 0 Å². The molecule has 0 saturated heterocycles. The Morgan fingerprint density at radius 2 is 1.90 bits per heavy atom. The molecule has 0 saturated carbocycles. The largest absolute Gasteiger partial charge is 0.478 e. The molecular formula is C16H10N2O2. The van der Waals surface area contributed by atoms with Crippen LogP contribution in [0.2, 0.25) is 0 Å². The lowest BCUT2D eigenvalue weighted by atomic mass is 10.0. The van der Waals surface area contributed by atoms with E-state index in [2.05, 4.69) is 11.1 Å². The molecule has 3 rings (SSSR count). The van der Waals surface area contributed by atoms with Crippen molar-refractivity contribution in [3.63, 3.8) is 0 Å². The minimum absolute atomic E-state index is 0.207. The first kappa shape index (κ1) is 12.0. The van der Waals surface area contributed by atoms with E-state index in [9.17, 15) is 10.1 Å². The SMILES string of the molecule is N#Cc1[nH]c2ccc(C(=O)O)cc2c1-c1ccccc1. The van der Waals surface area contributed by atoms with Gasteiger partial charge in [0.2, 0.25) is 0 Å². The molecule has 0 atom stereocenters. The maximum absolute atomic E-state index is 11.1. The van der Waals surface area contributed by atoms with Gasteiger partial charge in [-0.1, -0.05) is 30.3 Å². The van der Waals surface area contributed by atoms with E-state index in [1.165, 1.54) is 6.07 Å². The van der Waals surface area contributed by atoms with Crippen LogP contribution >= 0.6 is 0 Å². The van der Waals surface area contributed by atoms with Gasteiger partial charge in [0.05, 0.1) is 5.56 Å². The van der Waals surface area contributed by atoms with Crippen LogP contribution in [0.25, 0.3) is 22.0 Å². The molecule has 0 aliphatic carbocycles. The number of hydrogen-bond donors (Lipinski definition) is 2. The molecule has 0 spiro atoms. The summed E-state index contributed by atoms with van der Waals surface area (Å²) in [4.78, 5) is 14.1. The standard InChI is InChI=1S/C16H10N2O2/c17-9-14-15(10-4-2-1-3-5-10)12-8-11(16(19)20)6-7-13(12)18-14/h1-8,18H,(H,19,20). The topological polar surface area (TPSA) is 76.9 Å². The number of hydrogen-bond acceptors (Lipinski definition) is 2. The van der Waals surface area contributed by atoms with Crippen LogP contribution in [-0.4, -0.2) is 16.1 Å². The molecule has 0 aliphatic rings. The van der Waals surface area contributed by atoms with Crippen LogP contribution in [0.5, 0.6) is 0 Å². The number of rotatable bonds is 2. The van der Waals surface area contributed by atoms with E-state index < -0.39 is 5.97 Å². The van der Waals surface area contributed by atoms with Gasteiger partial charge in [-0.3, -0.25) is 0 Å². The molecule has 3 aromatic rings. The summed E-state index contributed by atoms with van der Waals surface area (Å²) in [6.45, 7) is 0. The highest BCUT2D eigenvalue weighted by Crippen LogP contribution is 2.32. The van der Waals surface area contributed by atoms with Crippen LogP contribution in [0, 0.1) is 11.3 Å². The smallest absolute Gasteiger partial charge is 0.335 e. The quantitative estimate of drug-likeness (QED) is 0.743. The monoisotopic (exact) mass is 262 g/mol. The van der Waals surface area contributed by atoms with Crippen LogP contribution in [0.4, 0.5) is 0 Å². The normalized spacial score (nSPS) is 10.3. The summed E-state index contributed by atoms with van der Waals surface area (Å²) < 4.78 is 0. The molecule has 1 aromatic heterocycles. The van der Waals surface area contributed by atoms with Crippen LogP contribution in [-0.2, 0) is 0 Å². The maximum atomic E-state index is 11.1. The Balaban J connectivity index is 2.36. The zero-order chi connectivity index (χ0) is 14.1. The van der Waals surface area contributed by atoms with Gasteiger partial charge < -0.3 is 10.1 Å². The van der Waals surface area contributed by atoms with E-state index in [0.29, 0.717) is 5.69 Å². The Morgan fingerprint density at radius 3 is 2.55 bits per heavy atom. The third-order valence-corrected chi connectivity index (χ3v) is 3.22. The molecule has 20 heavy (non-hydrogen) atoms. The zero-order valence-electron chi connectivity index (χ0n) is 10.4. The molecule has 0 fully saturated rings. The van der Waals surface area contributed by atoms with E-state index in [4.69, 9.17) is 5.11 Å². The third kappa shape index (κ3) is 1.82. The van der Waals surface area contributed by atoms with Crippen LogP contribution < -0.4 is 0 Å². The van der Waals surface area contributed by atoms with Crippen molar-refractivity contribution in [3.8, 4) is 17.2 Å². The Morgan fingerprint density at radius 1 is 1.15 bits per heavy atom. The Hall–Kier alpha value is -3.06. The summed E-state index contributed by atoms with van der Waals surface area (Å²) in [5.41, 5.74) is 3.03. The average molecular weight is 262 g/mol. The first-order valence-electron chi connectivity index (χ1n) is 6.05. The second kappa shape index (κ2) is 4.56. The fraction of sp³-hybridized carbons (Fsp3) is 0. The van der Waals surface area contributed by atoms with Gasteiger partial charge in [-0.15, -0.1) is 0 Å². The van der Waals surface area contributed by atoms with Gasteiger partial charge in [0, 0.05) is 16.5 Å². The highest BCUT2D eigenvalue weighted by Gasteiger charge is 2.14. The molecule has 0 radical (unpaired) electrons. The second-order valence-electron chi connectivity index (χ2n) is 4.42. The fourth-order valence-corrected chi connectivity index (χ4v) is 2.31. The van der Waals surface area contributed by atoms with Crippen molar-refractivity contribution in [2.24, 2.45) is 0 Å². The number of aromatic nitrogens is 1. The average Bonchev–Trinajstić information content (AvgIpc) is 2.85. The third-order valence-electron chi connectivity index (χ3n) is 3.22. The first-order chi connectivity index (χ1) is 9.70. The molecule has 4 nitrogen and oxygen atoms in total. The molecule has 96 valence electrons. The van der Waals surface area contributed by atoms with Crippen molar-refractivity contribution in [1.29, 1.82) is 5.26 Å². The van der Waals surface area contributed by atoms with E-state index in [0.717, 1.165) is 22.0 Å². The van der Waals surface area contributed by atoms with Gasteiger partial charge in [-0.25, -0.2) is 4.79 Å². The number of carboxylic acids is 1. The van der Waals surface area contributed by atoms with Crippen molar-refractivity contribution < 1.29 is 9.90 Å². The number of H-pyrrole nitrogens is 1. The lowest BCUT2D eigenvalue weighted by molar-refractivity contribution is 0.0697. The van der Waals surface area contributed by atoms with Crippen molar-refractivity contribution in [1.82, 2.24) is 4.98 Å². The highest BCUT2D eigenvalue weighted by atomic mass is 16.4. The molecule has 0 aliphatic heterocycles. The van der Waals surface area contributed by atoms with E-state index in [-0.39, 0.29) is 5.56 Å². The Bertz CT molecular complexity index is 842. The highest BCUT2D eigenvalue weighted by molar-refractivity contribution is 6.02. The number of aromatic amines is 1. The summed E-state index contributed by atoms with van der Waals surface area (Å²) in [5, 5.41) is 19.1. The van der Waals surface area contributed by atoms with Gasteiger partial charge >= 0.3 is 5.97 Å². The molecule has 0 bridgehead atoms. The van der Waals surface area contributed by atoms with E-state index in [1.54, 1.807) is 12.1 Å². The maximum Gasteiger partial charge on any atom is 0.335 e. The van der Waals surface area contributed by atoms with E-state index >= 15 is 0 Å². The number of nitrogens with one attached hydrogen (secondary N) is 1. The lowest BCUT2D eigenvalue weighted by Crippen LogP contribution is -1.94. The first-order valence-corrected chi connectivity index (χ1v) is 6.05. The van der Waals surface area contributed by atoms with Gasteiger partial charge in [-0.05, 0) is 23.8 Å². The number of nitrogens with zero attached hydrogens (tertiary/aromatic N) is 1. The van der Waals surface area contributed by atoms with Crippen LogP contribution in [0.1, 0.15) is 16.1 Å². The van der Waals surface area contributed by atoms with Crippen LogP contribution in [0.3, 0.4) is 0 Å². The summed E-state index contributed by atoms with van der Waals surface area (Å²) in [6.07, 6.45) is 0. The summed E-state index contributed by atoms with van der Waals surface area (Å²) in [5.74, 6) is -0.981. The second-order valence-corrected chi connectivity index (χ2v) is 4.42. The Kier molecular flexibility index (Phi) is 2.73. The van der Waals surface area contributed by atoms with E-state index in [1.807, 2.05) is 30.3 Å². The molecule has 0 unspecified atom stereocenters. The minimum atomic E-state index is -0.981. The number of carbonyl (C=O) groups is 1. The molecule has 2 aromatic carbocycles. The summed E-state index contributed by atoms with van der Waals surface area (Å²) in [7, 11) is 0. The zero-order valence-corrected chi connectivity index (χ0v) is 10.4. The Labute approximate surface area is 114 Å². The number of carboxylic acid groups (broad SMARTS) is 1. The predicted molar refractivity (Wildman–Crippen MR) is 75.4 cm³/mol. The van der Waals surface area contributed by atoms with Crippen LogP contribution in [0.15, 0.2) is 48.5 Å². The summed E-state index contributed by atoms with van der Waals surface area (Å²) >= 11 is 0. The predicted octanol–water partition coefficient (Wildman–Crippen LogP) is 3.40. The molecule has 1 heterocycles. The number of fused-ring (bicyclic) bond motifs is 1. The van der Waals surface area contributed by atoms with Gasteiger partial charge in [0.1, 0.15) is 11.8 Å². The lowest BCUT2D eigenvalue weighted by Gasteiger charge is -2.01. The molecule has 0 amide bonds. The molecular weight excluding hydrogens is 252 g/mol. The summed E-state index contributed by atoms with van der Waals surface area (Å²) in [6, 6.07) is 16.4. The van der Waals surface area contributed by atoms with Gasteiger partial charge in [0.25, 0.3) is 0 Å². The van der Waals surface area contributed by atoms with Gasteiger partial charge in [-0.2, -0.15) is 5.26 Å². The number of benzene rings is 2. The minimum Gasteiger partial charge on any atom is -0.478 e. The van der Waals surface area contributed by atoms with Crippen molar-refractivity contribution in [3.05, 3.63) is 59.8 Å². The molecule has 2 N–H and O–H groups in total.